The zero-order valence-corrected chi connectivity index (χ0v) is 13.3. The molecule has 0 spiro atoms. The molecule has 0 amide bonds. The molecule has 2 aromatic rings. The van der Waals surface area contributed by atoms with Crippen LogP contribution in [0, 0.1) is 0 Å². The SMILES string of the molecule is O=S(=O)(c1ccc(Cl)cc1)C1CCOc2ccc(Cl)cc21. The molecule has 1 aliphatic rings. The van der Waals surface area contributed by atoms with Gasteiger partial charge in [0.25, 0.3) is 0 Å². The van der Waals surface area contributed by atoms with E-state index in [4.69, 9.17) is 27.9 Å². The van der Waals surface area contributed by atoms with Gasteiger partial charge in [0.1, 0.15) is 5.75 Å². The van der Waals surface area contributed by atoms with Crippen molar-refractivity contribution in [2.75, 3.05) is 6.61 Å². The van der Waals surface area contributed by atoms with Crippen molar-refractivity contribution in [2.24, 2.45) is 0 Å². The summed E-state index contributed by atoms with van der Waals surface area (Å²) in [6, 6.07) is 11.3. The van der Waals surface area contributed by atoms with Crippen molar-refractivity contribution < 1.29 is 13.2 Å². The lowest BCUT2D eigenvalue weighted by molar-refractivity contribution is 0.283. The molecule has 3 nitrogen and oxygen atoms in total. The fraction of sp³-hybridized carbons (Fsp3) is 0.200. The third kappa shape index (κ3) is 2.76. The van der Waals surface area contributed by atoms with E-state index in [9.17, 15) is 8.42 Å². The van der Waals surface area contributed by atoms with E-state index in [1.165, 1.54) is 12.1 Å². The van der Waals surface area contributed by atoms with Crippen molar-refractivity contribution in [2.45, 2.75) is 16.6 Å². The van der Waals surface area contributed by atoms with Crippen molar-refractivity contribution in [3.63, 3.8) is 0 Å². The van der Waals surface area contributed by atoms with E-state index in [-0.39, 0.29) is 4.90 Å². The van der Waals surface area contributed by atoms with Gasteiger partial charge in [-0.25, -0.2) is 8.42 Å². The molecule has 1 unspecified atom stereocenters. The Hall–Kier alpha value is -1.23. The molecule has 21 heavy (non-hydrogen) atoms. The Morgan fingerprint density at radius 2 is 1.67 bits per heavy atom. The lowest BCUT2D eigenvalue weighted by atomic mass is 10.1. The number of rotatable bonds is 2. The van der Waals surface area contributed by atoms with Gasteiger partial charge in [-0.2, -0.15) is 0 Å². The summed E-state index contributed by atoms with van der Waals surface area (Å²) in [4.78, 5) is 0.254. The summed E-state index contributed by atoms with van der Waals surface area (Å²) in [6.45, 7) is 0.367. The second-order valence-corrected chi connectivity index (χ2v) is 7.81. The first-order valence-electron chi connectivity index (χ1n) is 6.40. The van der Waals surface area contributed by atoms with Crippen LogP contribution in [0.4, 0.5) is 0 Å². The summed E-state index contributed by atoms with van der Waals surface area (Å²) in [5.41, 5.74) is 0.615. The summed E-state index contributed by atoms with van der Waals surface area (Å²) < 4.78 is 31.2. The Morgan fingerprint density at radius 3 is 2.38 bits per heavy atom. The summed E-state index contributed by atoms with van der Waals surface area (Å²) in [7, 11) is -3.51. The van der Waals surface area contributed by atoms with Crippen LogP contribution in [0.1, 0.15) is 17.2 Å². The van der Waals surface area contributed by atoms with Gasteiger partial charge in [-0.15, -0.1) is 0 Å². The molecule has 0 aliphatic carbocycles. The van der Waals surface area contributed by atoms with Gasteiger partial charge in [0.15, 0.2) is 9.84 Å². The van der Waals surface area contributed by atoms with Crippen LogP contribution in [-0.4, -0.2) is 15.0 Å². The molecule has 0 fully saturated rings. The predicted octanol–water partition coefficient (Wildman–Crippen LogP) is 4.29. The summed E-state index contributed by atoms with van der Waals surface area (Å²) >= 11 is 11.8. The Morgan fingerprint density at radius 1 is 1.00 bits per heavy atom. The molecule has 1 aliphatic heterocycles. The largest absolute Gasteiger partial charge is 0.493 e. The van der Waals surface area contributed by atoms with Crippen LogP contribution < -0.4 is 4.74 Å². The lowest BCUT2D eigenvalue weighted by Crippen LogP contribution is -2.21. The minimum Gasteiger partial charge on any atom is -0.493 e. The Balaban J connectivity index is 2.09. The first kappa shape index (κ1) is 14.7. The molecule has 3 rings (SSSR count). The van der Waals surface area contributed by atoms with Crippen molar-refractivity contribution in [1.82, 2.24) is 0 Å². The minimum atomic E-state index is -3.51. The molecule has 0 radical (unpaired) electrons. The Bertz CT molecular complexity index is 770. The molecule has 0 aromatic heterocycles. The number of fused-ring (bicyclic) bond motifs is 1. The smallest absolute Gasteiger partial charge is 0.185 e. The molecule has 110 valence electrons. The fourth-order valence-electron chi connectivity index (χ4n) is 2.44. The zero-order valence-electron chi connectivity index (χ0n) is 10.9. The highest BCUT2D eigenvalue weighted by atomic mass is 35.5. The van der Waals surface area contributed by atoms with Crippen molar-refractivity contribution in [1.29, 1.82) is 0 Å². The normalized spacial score (nSPS) is 17.9. The number of benzene rings is 2. The van der Waals surface area contributed by atoms with Gasteiger partial charge >= 0.3 is 0 Å². The first-order chi connectivity index (χ1) is 9.98. The monoisotopic (exact) mass is 342 g/mol. The van der Waals surface area contributed by atoms with Crippen LogP contribution in [0.2, 0.25) is 10.0 Å². The highest BCUT2D eigenvalue weighted by Crippen LogP contribution is 2.41. The topological polar surface area (TPSA) is 43.4 Å². The van der Waals surface area contributed by atoms with Crippen LogP contribution in [0.5, 0.6) is 5.75 Å². The van der Waals surface area contributed by atoms with Gasteiger partial charge in [0, 0.05) is 22.0 Å². The number of sulfone groups is 1. The standard InChI is InChI=1S/C15H12Cl2O3S/c16-10-1-4-12(5-2-10)21(18,19)15-7-8-20-14-6-3-11(17)9-13(14)15/h1-6,9,15H,7-8H2. The maximum Gasteiger partial charge on any atom is 0.185 e. The van der Waals surface area contributed by atoms with Gasteiger partial charge in [0.05, 0.1) is 16.8 Å². The van der Waals surface area contributed by atoms with Crippen LogP contribution in [0.3, 0.4) is 0 Å². The fourth-order valence-corrected chi connectivity index (χ4v) is 4.52. The third-order valence-corrected chi connectivity index (χ3v) is 6.13. The minimum absolute atomic E-state index is 0.254. The van der Waals surface area contributed by atoms with Crippen molar-refractivity contribution in [3.8, 4) is 5.75 Å². The Labute approximate surface area is 133 Å². The summed E-state index contributed by atoms with van der Waals surface area (Å²) in [5.74, 6) is 0.577. The predicted molar refractivity (Wildman–Crippen MR) is 82.9 cm³/mol. The highest BCUT2D eigenvalue weighted by Gasteiger charge is 2.34. The van der Waals surface area contributed by atoms with Gasteiger partial charge in [-0.1, -0.05) is 23.2 Å². The Kier molecular flexibility index (Phi) is 3.86. The zero-order chi connectivity index (χ0) is 15.0. The second-order valence-electron chi connectivity index (χ2n) is 4.81. The second kappa shape index (κ2) is 5.52. The number of hydrogen-bond donors (Lipinski definition) is 0. The van der Waals surface area contributed by atoms with Crippen LogP contribution in [-0.2, 0) is 9.84 Å². The van der Waals surface area contributed by atoms with E-state index in [0.29, 0.717) is 34.4 Å². The van der Waals surface area contributed by atoms with Crippen LogP contribution in [0.15, 0.2) is 47.4 Å². The van der Waals surface area contributed by atoms with Gasteiger partial charge in [-0.3, -0.25) is 0 Å². The lowest BCUT2D eigenvalue weighted by Gasteiger charge is -2.26. The number of hydrogen-bond acceptors (Lipinski definition) is 3. The highest BCUT2D eigenvalue weighted by molar-refractivity contribution is 7.91. The quantitative estimate of drug-likeness (QED) is 0.817. The molecule has 0 N–H and O–H groups in total. The van der Waals surface area contributed by atoms with E-state index in [2.05, 4.69) is 0 Å². The molecule has 0 saturated heterocycles. The first-order valence-corrected chi connectivity index (χ1v) is 8.70. The third-order valence-electron chi connectivity index (χ3n) is 3.47. The van der Waals surface area contributed by atoms with E-state index in [1.807, 2.05) is 0 Å². The average molecular weight is 343 g/mol. The molecular weight excluding hydrogens is 331 g/mol. The van der Waals surface area contributed by atoms with Crippen LogP contribution >= 0.6 is 23.2 Å². The van der Waals surface area contributed by atoms with Gasteiger partial charge in [0.2, 0.25) is 0 Å². The maximum absolute atomic E-state index is 12.8. The van der Waals surface area contributed by atoms with Gasteiger partial charge < -0.3 is 4.74 Å². The molecule has 0 bridgehead atoms. The van der Waals surface area contributed by atoms with E-state index >= 15 is 0 Å². The molecule has 1 heterocycles. The number of halogens is 2. The molecule has 6 heteroatoms. The molecule has 2 aromatic carbocycles. The van der Waals surface area contributed by atoms with Gasteiger partial charge in [-0.05, 0) is 42.5 Å². The van der Waals surface area contributed by atoms with Crippen molar-refractivity contribution >= 4 is 33.0 Å². The van der Waals surface area contributed by atoms with Crippen molar-refractivity contribution in [3.05, 3.63) is 58.1 Å². The average Bonchev–Trinajstić information content (AvgIpc) is 2.47. The molecular formula is C15H12Cl2O3S. The van der Waals surface area contributed by atoms with E-state index in [0.717, 1.165) is 0 Å². The van der Waals surface area contributed by atoms with E-state index in [1.54, 1.807) is 30.3 Å². The summed E-state index contributed by atoms with van der Waals surface area (Å²) in [5, 5.41) is 0.348. The molecule has 0 saturated carbocycles. The summed E-state index contributed by atoms with van der Waals surface area (Å²) in [6.07, 6.45) is 0.401. The van der Waals surface area contributed by atoms with E-state index < -0.39 is 15.1 Å². The maximum atomic E-state index is 12.8. The molecule has 1 atom stereocenters. The van der Waals surface area contributed by atoms with Crippen LogP contribution in [0.25, 0.3) is 0 Å². The number of ether oxygens (including phenoxy) is 1.